The van der Waals surface area contributed by atoms with Gasteiger partial charge in [-0.2, -0.15) is 92.2 Å². The van der Waals surface area contributed by atoms with Crippen molar-refractivity contribution in [2.24, 2.45) is 5.92 Å². The molecule has 0 aromatic rings. The van der Waals surface area contributed by atoms with Crippen LogP contribution in [0.5, 0.6) is 0 Å². The van der Waals surface area contributed by atoms with Crippen molar-refractivity contribution in [2.75, 3.05) is 0 Å². The Bertz CT molecular complexity index is 1310. The first kappa shape index (κ1) is 62.2. The summed E-state index contributed by atoms with van der Waals surface area (Å²) in [6, 6.07) is 0. The van der Waals surface area contributed by atoms with Crippen molar-refractivity contribution in [3.8, 4) is 0 Å². The summed E-state index contributed by atoms with van der Waals surface area (Å²) in [5.74, 6) is -72.5. The molecule has 0 saturated heterocycles. The van der Waals surface area contributed by atoms with Crippen LogP contribution in [0, 0.1) is 5.92 Å². The number of Topliss-reactive ketones (excluding diaryl/α,β-unsaturated/α-hetero) is 1. The standard InChI is InChI=1S/C22H42O3.C10F21O.C3H7O.Al/c1-3-4-5-6-7-8-9-10-11-12-13-14-15-16-17-18-19-21(20(2)23)22(24)25;11-1(12,3(15,16)5(19,20)7(23,24)9(27,28)29)2(13,14)4(17,18)6(21,22)8(25,26)10(30,31)32;1-3(2)4;/h21H,3-19H2,1-2H3,(H,24,25);;3H,1-2H3;/q;2*-1;+2. The van der Waals surface area contributed by atoms with E-state index >= 15 is 0 Å². The zero-order valence-corrected chi connectivity index (χ0v) is 34.9. The molecule has 0 saturated carbocycles. The van der Waals surface area contributed by atoms with Gasteiger partial charge in [-0.15, -0.1) is 0 Å². The van der Waals surface area contributed by atoms with E-state index < -0.39 is 93.5 Å². The molecule has 1 N–H and O–H groups in total. The van der Waals surface area contributed by atoms with Gasteiger partial charge in [0, 0.05) is 6.10 Å². The number of carboxylic acids is 1. The van der Waals surface area contributed by atoms with E-state index in [2.05, 4.69) is 14.5 Å². The number of halogens is 21. The van der Waals surface area contributed by atoms with E-state index in [0.717, 1.165) is 26.7 Å². The van der Waals surface area contributed by atoms with Crippen LogP contribution < -0.4 is 0 Å². The van der Waals surface area contributed by atoms with E-state index in [1.807, 2.05) is 0 Å². The third-order valence-electron chi connectivity index (χ3n) is 9.14. The van der Waals surface area contributed by atoms with E-state index in [4.69, 9.17) is 5.11 Å². The van der Waals surface area contributed by atoms with Gasteiger partial charge in [-0.05, 0) is 27.2 Å². The fourth-order valence-electron chi connectivity index (χ4n) is 5.21. The number of hydrogen-bond acceptors (Lipinski definition) is 4. The maximum Gasteiger partial charge on any atom is 0.672 e. The number of unbranched alkanes of at least 4 members (excludes halogenated alkanes) is 15. The monoisotopic (exact) mass is 975 g/mol. The summed E-state index contributed by atoms with van der Waals surface area (Å²) in [5, 5.41) is 8.95. The summed E-state index contributed by atoms with van der Waals surface area (Å²) in [5.41, 5.74) is 0. The van der Waals surface area contributed by atoms with Gasteiger partial charge in [-0.3, -0.25) is 9.59 Å². The third kappa shape index (κ3) is 15.1. The van der Waals surface area contributed by atoms with Crippen LogP contribution in [0.2, 0.25) is 0 Å². The molecule has 0 aliphatic carbocycles. The number of carbonyl (C=O) groups excluding carboxylic acids is 1. The summed E-state index contributed by atoms with van der Waals surface area (Å²) in [6.07, 6.45) is 5.11. The van der Waals surface area contributed by atoms with Crippen LogP contribution in [-0.4, -0.2) is 98.5 Å². The number of aliphatic carboxylic acids is 1. The van der Waals surface area contributed by atoms with Crippen molar-refractivity contribution in [3.63, 3.8) is 0 Å². The molecule has 0 heterocycles. The molecular formula is C35H49AlF21O5. The van der Waals surface area contributed by atoms with Gasteiger partial charge in [0.1, 0.15) is 11.7 Å². The minimum absolute atomic E-state index is 0.214. The van der Waals surface area contributed by atoms with Crippen molar-refractivity contribution < 1.29 is 114 Å². The fourth-order valence-corrected chi connectivity index (χ4v) is 5.76. The van der Waals surface area contributed by atoms with Crippen LogP contribution in [-0.2, 0) is 17.2 Å². The van der Waals surface area contributed by atoms with Gasteiger partial charge < -0.3 is 12.7 Å². The highest BCUT2D eigenvalue weighted by molar-refractivity contribution is 6.18. The highest BCUT2D eigenvalue weighted by Crippen LogP contribution is 2.66. The summed E-state index contributed by atoms with van der Waals surface area (Å²) in [6.45, 7) is 5.53. The first-order valence-corrected chi connectivity index (χ1v) is 20.1. The first-order valence-electron chi connectivity index (χ1n) is 19.1. The third-order valence-corrected chi connectivity index (χ3v) is 10.2. The Hall–Kier alpha value is -1.88. The number of ketones is 1. The topological polar surface area (TPSA) is 72.8 Å². The molecule has 1 atom stereocenters. The lowest BCUT2D eigenvalue weighted by atomic mass is 9.87. The Morgan fingerprint density at radius 3 is 1.00 bits per heavy atom. The van der Waals surface area contributed by atoms with Crippen LogP contribution in [0.4, 0.5) is 92.2 Å². The smallest absolute Gasteiger partial charge is 0.482 e. The highest BCUT2D eigenvalue weighted by atomic mass is 27.2. The second-order valence-electron chi connectivity index (χ2n) is 14.6. The Balaban J connectivity index is 0. The molecule has 0 aliphatic rings. The average Bonchev–Trinajstić information content (AvgIpc) is 3.11. The lowest BCUT2D eigenvalue weighted by Gasteiger charge is -2.44. The second kappa shape index (κ2) is 24.6. The SMILES string of the molecule is CC(C)[O][Al][O]C(F)(F)C(F)(F)C(F)(F)C(F)(F)C(F)(F)C(F)(F)C(F)(F)C(F)(F)C(F)(F)C(F)(F)F.CCCCCCCCCCCCCCCCCCC(C(C)=O)C(=O)O. The molecule has 0 aromatic heterocycles. The summed E-state index contributed by atoms with van der Waals surface area (Å²) < 4.78 is 282. The van der Waals surface area contributed by atoms with E-state index in [-0.39, 0.29) is 5.78 Å². The minimum atomic E-state index is -9.19. The van der Waals surface area contributed by atoms with Crippen LogP contribution in [0.25, 0.3) is 0 Å². The molecule has 0 spiro atoms. The molecule has 1 radical (unpaired) electrons. The van der Waals surface area contributed by atoms with Crippen LogP contribution in [0.3, 0.4) is 0 Å². The lowest BCUT2D eigenvalue weighted by Crippen LogP contribution is -2.77. The highest BCUT2D eigenvalue weighted by Gasteiger charge is 2.98. The predicted octanol–water partition coefficient (Wildman–Crippen LogP) is 14.1. The minimum Gasteiger partial charge on any atom is -0.482 e. The molecular weight excluding hydrogens is 926 g/mol. The van der Waals surface area contributed by atoms with Crippen LogP contribution in [0.15, 0.2) is 0 Å². The Morgan fingerprint density at radius 1 is 0.468 bits per heavy atom. The van der Waals surface area contributed by atoms with E-state index in [0.29, 0.717) is 6.42 Å². The molecule has 369 valence electrons. The number of carbonyl (C=O) groups is 2. The van der Waals surface area contributed by atoms with E-state index in [1.54, 1.807) is 0 Å². The molecule has 27 heteroatoms. The molecule has 0 amide bonds. The van der Waals surface area contributed by atoms with Crippen molar-refractivity contribution >= 4 is 27.6 Å². The Kier molecular flexibility index (Phi) is 24.7. The van der Waals surface area contributed by atoms with Gasteiger partial charge >= 0.3 is 81.5 Å². The van der Waals surface area contributed by atoms with Crippen molar-refractivity contribution in [1.82, 2.24) is 0 Å². The first-order chi connectivity index (χ1) is 27.8. The lowest BCUT2D eigenvalue weighted by molar-refractivity contribution is -0.481. The van der Waals surface area contributed by atoms with Crippen molar-refractivity contribution in [2.45, 2.75) is 203 Å². The van der Waals surface area contributed by atoms with Gasteiger partial charge in [0.05, 0.1) is 0 Å². The molecule has 0 bridgehead atoms. The predicted molar refractivity (Wildman–Crippen MR) is 180 cm³/mol. The average molecular weight is 976 g/mol. The second-order valence-corrected chi connectivity index (χ2v) is 15.3. The van der Waals surface area contributed by atoms with Gasteiger partial charge in [0.15, 0.2) is 0 Å². The van der Waals surface area contributed by atoms with Crippen molar-refractivity contribution in [1.29, 1.82) is 0 Å². The quantitative estimate of drug-likeness (QED) is 0.0324. The largest absolute Gasteiger partial charge is 0.672 e. The number of alkyl halides is 21. The van der Waals surface area contributed by atoms with Gasteiger partial charge in [-0.25, -0.2) is 0 Å². The number of carboxylic acid groups (broad SMARTS) is 1. The summed E-state index contributed by atoms with van der Waals surface area (Å²) in [7, 11) is 0. The summed E-state index contributed by atoms with van der Waals surface area (Å²) in [4.78, 5) is 22.1. The molecule has 0 aliphatic heterocycles. The normalized spacial score (nSPS) is 14.7. The number of hydrogen-bond donors (Lipinski definition) is 1. The fraction of sp³-hybridized carbons (Fsp3) is 0.943. The Labute approximate surface area is 350 Å². The van der Waals surface area contributed by atoms with Gasteiger partial charge in [0.25, 0.3) is 0 Å². The van der Waals surface area contributed by atoms with Crippen LogP contribution >= 0.6 is 0 Å². The molecule has 0 aromatic carbocycles. The molecule has 0 rings (SSSR count). The van der Waals surface area contributed by atoms with E-state index in [9.17, 15) is 102 Å². The maximum atomic E-state index is 13.5. The maximum absolute atomic E-state index is 13.5. The zero-order chi connectivity index (χ0) is 49.5. The van der Waals surface area contributed by atoms with Gasteiger partial charge in [0.2, 0.25) is 0 Å². The van der Waals surface area contributed by atoms with E-state index in [1.165, 1.54) is 96.8 Å². The summed E-state index contributed by atoms with van der Waals surface area (Å²) >= 11 is -3.06. The van der Waals surface area contributed by atoms with Gasteiger partial charge in [-0.1, -0.05) is 110 Å². The zero-order valence-electron chi connectivity index (χ0n) is 33.8. The number of rotatable bonds is 31. The molecule has 1 unspecified atom stereocenters. The van der Waals surface area contributed by atoms with Crippen molar-refractivity contribution in [3.05, 3.63) is 0 Å². The molecule has 0 fully saturated rings. The molecule has 62 heavy (non-hydrogen) atoms. The Morgan fingerprint density at radius 2 is 0.742 bits per heavy atom. The molecule has 5 nitrogen and oxygen atoms in total. The van der Waals surface area contributed by atoms with Crippen LogP contribution in [0.1, 0.15) is 137 Å².